The lowest BCUT2D eigenvalue weighted by atomic mass is 10.2. The van der Waals surface area contributed by atoms with Crippen molar-refractivity contribution >= 4 is 11.6 Å². The molecule has 2 aromatic carbocycles. The molecule has 2 atom stereocenters. The molecule has 2 N–H and O–H groups in total. The predicted octanol–water partition coefficient (Wildman–Crippen LogP) is 1.95. The molecular weight excluding hydrogens is 292 g/mol. The highest BCUT2D eigenvalue weighted by Gasteiger charge is 2.44. The second-order valence-electron chi connectivity index (χ2n) is 5.54. The lowest BCUT2D eigenvalue weighted by Crippen LogP contribution is -2.37. The maximum Gasteiger partial charge on any atom is 0.248 e. The zero-order valence-corrected chi connectivity index (χ0v) is 13.0. The SMILES string of the molecule is COc1ccc(N2C[C@H]2[C@@H](OCc2ccccc2)C(N)=O)cc1. The van der Waals surface area contributed by atoms with E-state index in [0.717, 1.165) is 23.5 Å². The van der Waals surface area contributed by atoms with Crippen LogP contribution in [0.25, 0.3) is 0 Å². The van der Waals surface area contributed by atoms with Gasteiger partial charge in [0.15, 0.2) is 6.10 Å². The van der Waals surface area contributed by atoms with Gasteiger partial charge in [-0.2, -0.15) is 0 Å². The molecule has 5 heteroatoms. The molecule has 1 aliphatic rings. The fraction of sp³-hybridized carbons (Fsp3) is 0.278. The molecule has 3 rings (SSSR count). The van der Waals surface area contributed by atoms with E-state index in [1.807, 2.05) is 54.6 Å². The van der Waals surface area contributed by atoms with Crippen molar-refractivity contribution < 1.29 is 14.3 Å². The molecule has 0 unspecified atom stereocenters. The van der Waals surface area contributed by atoms with E-state index in [1.54, 1.807) is 7.11 Å². The second kappa shape index (κ2) is 6.71. The summed E-state index contributed by atoms with van der Waals surface area (Å²) in [4.78, 5) is 13.8. The minimum Gasteiger partial charge on any atom is -0.497 e. The average molecular weight is 312 g/mol. The molecule has 1 fully saturated rings. The number of ether oxygens (including phenoxy) is 2. The Hall–Kier alpha value is -2.53. The van der Waals surface area contributed by atoms with Crippen molar-refractivity contribution in [2.45, 2.75) is 18.8 Å². The van der Waals surface area contributed by atoms with Gasteiger partial charge < -0.3 is 20.1 Å². The van der Waals surface area contributed by atoms with Crippen LogP contribution < -0.4 is 15.4 Å². The number of carbonyl (C=O) groups excluding carboxylic acids is 1. The van der Waals surface area contributed by atoms with Gasteiger partial charge in [0, 0.05) is 12.2 Å². The smallest absolute Gasteiger partial charge is 0.248 e. The van der Waals surface area contributed by atoms with Crippen LogP contribution in [0.4, 0.5) is 5.69 Å². The normalized spacial score (nSPS) is 17.6. The third-order valence-electron chi connectivity index (χ3n) is 3.96. The van der Waals surface area contributed by atoms with E-state index in [-0.39, 0.29) is 6.04 Å². The predicted molar refractivity (Wildman–Crippen MR) is 88.3 cm³/mol. The summed E-state index contributed by atoms with van der Waals surface area (Å²) in [6.45, 7) is 1.14. The Morgan fingerprint density at radius 2 is 1.91 bits per heavy atom. The van der Waals surface area contributed by atoms with Crippen LogP contribution in [0.5, 0.6) is 5.75 Å². The molecule has 1 amide bonds. The summed E-state index contributed by atoms with van der Waals surface area (Å²) < 4.78 is 10.9. The first-order chi connectivity index (χ1) is 11.2. The molecule has 0 aliphatic carbocycles. The van der Waals surface area contributed by atoms with Crippen LogP contribution >= 0.6 is 0 Å². The zero-order chi connectivity index (χ0) is 16.2. The number of carbonyl (C=O) groups is 1. The fourth-order valence-corrected chi connectivity index (χ4v) is 2.63. The molecule has 23 heavy (non-hydrogen) atoms. The van der Waals surface area contributed by atoms with Gasteiger partial charge in [-0.25, -0.2) is 0 Å². The summed E-state index contributed by atoms with van der Waals surface area (Å²) in [5, 5.41) is 0. The van der Waals surface area contributed by atoms with Gasteiger partial charge in [-0.05, 0) is 29.8 Å². The molecule has 0 spiro atoms. The molecule has 0 saturated carbocycles. The Balaban J connectivity index is 1.62. The molecule has 1 saturated heterocycles. The topological polar surface area (TPSA) is 64.6 Å². The van der Waals surface area contributed by atoms with Gasteiger partial charge in [0.1, 0.15) is 5.75 Å². The minimum absolute atomic E-state index is 0.00962. The number of hydrogen-bond donors (Lipinski definition) is 1. The summed E-state index contributed by atoms with van der Waals surface area (Å²) in [6.07, 6.45) is -0.614. The highest BCUT2D eigenvalue weighted by atomic mass is 16.5. The molecular formula is C18H20N2O3. The van der Waals surface area contributed by atoms with E-state index in [1.165, 1.54) is 0 Å². The monoisotopic (exact) mass is 312 g/mol. The highest BCUT2D eigenvalue weighted by Crippen LogP contribution is 2.32. The fourth-order valence-electron chi connectivity index (χ4n) is 2.63. The van der Waals surface area contributed by atoms with Crippen molar-refractivity contribution in [2.24, 2.45) is 5.73 Å². The van der Waals surface area contributed by atoms with Gasteiger partial charge in [0.05, 0.1) is 19.8 Å². The van der Waals surface area contributed by atoms with E-state index in [9.17, 15) is 4.79 Å². The molecule has 5 nitrogen and oxygen atoms in total. The summed E-state index contributed by atoms with van der Waals surface area (Å²) in [5.41, 5.74) is 7.57. The molecule has 2 aromatic rings. The number of hydrogen-bond acceptors (Lipinski definition) is 4. The van der Waals surface area contributed by atoms with E-state index < -0.39 is 12.0 Å². The van der Waals surface area contributed by atoms with Crippen LogP contribution in [-0.2, 0) is 16.1 Å². The van der Waals surface area contributed by atoms with Gasteiger partial charge in [0.25, 0.3) is 0 Å². The largest absolute Gasteiger partial charge is 0.497 e. The lowest BCUT2D eigenvalue weighted by Gasteiger charge is -2.15. The maximum atomic E-state index is 11.7. The number of primary amides is 1. The van der Waals surface area contributed by atoms with Gasteiger partial charge in [-0.15, -0.1) is 0 Å². The van der Waals surface area contributed by atoms with Crippen molar-refractivity contribution in [3.8, 4) is 5.75 Å². The highest BCUT2D eigenvalue weighted by molar-refractivity contribution is 5.82. The van der Waals surface area contributed by atoms with Gasteiger partial charge in [0.2, 0.25) is 5.91 Å². The average Bonchev–Trinajstić information content (AvgIpc) is 3.36. The Morgan fingerprint density at radius 1 is 1.22 bits per heavy atom. The van der Waals surface area contributed by atoms with Crippen LogP contribution in [0.1, 0.15) is 5.56 Å². The number of rotatable bonds is 7. The number of amides is 1. The molecule has 1 heterocycles. The number of nitrogens with zero attached hydrogens (tertiary/aromatic N) is 1. The molecule has 120 valence electrons. The first-order valence-electron chi connectivity index (χ1n) is 7.54. The third kappa shape index (κ3) is 3.63. The van der Waals surface area contributed by atoms with Crippen LogP contribution in [-0.4, -0.2) is 31.7 Å². The molecule has 0 aromatic heterocycles. The maximum absolute atomic E-state index is 11.7. The first kappa shape index (κ1) is 15.4. The third-order valence-corrected chi connectivity index (χ3v) is 3.96. The first-order valence-corrected chi connectivity index (χ1v) is 7.54. The molecule has 1 aliphatic heterocycles. The minimum atomic E-state index is -0.614. The number of methoxy groups -OCH3 is 1. The van der Waals surface area contributed by atoms with Crippen molar-refractivity contribution in [1.29, 1.82) is 0 Å². The summed E-state index contributed by atoms with van der Waals surface area (Å²) >= 11 is 0. The summed E-state index contributed by atoms with van der Waals surface area (Å²) in [7, 11) is 1.63. The van der Waals surface area contributed by atoms with Crippen molar-refractivity contribution in [3.63, 3.8) is 0 Å². The quantitative estimate of drug-likeness (QED) is 0.794. The Kier molecular flexibility index (Phi) is 4.48. The van der Waals surface area contributed by atoms with Gasteiger partial charge in [-0.3, -0.25) is 4.79 Å². The molecule has 0 radical (unpaired) electrons. The Morgan fingerprint density at radius 3 is 2.52 bits per heavy atom. The van der Waals surface area contributed by atoms with Crippen LogP contribution in [0, 0.1) is 0 Å². The summed E-state index contributed by atoms with van der Waals surface area (Å²) in [5.74, 6) is 0.376. The van der Waals surface area contributed by atoms with E-state index in [0.29, 0.717) is 6.61 Å². The van der Waals surface area contributed by atoms with Crippen LogP contribution in [0.2, 0.25) is 0 Å². The number of benzene rings is 2. The number of anilines is 1. The van der Waals surface area contributed by atoms with Gasteiger partial charge in [-0.1, -0.05) is 30.3 Å². The second-order valence-corrected chi connectivity index (χ2v) is 5.54. The van der Waals surface area contributed by atoms with Crippen molar-refractivity contribution in [1.82, 2.24) is 0 Å². The van der Waals surface area contributed by atoms with Crippen molar-refractivity contribution in [2.75, 3.05) is 18.6 Å². The summed E-state index contributed by atoms with van der Waals surface area (Å²) in [6, 6.07) is 17.5. The van der Waals surface area contributed by atoms with E-state index in [4.69, 9.17) is 15.2 Å². The number of nitrogens with two attached hydrogens (primary N) is 1. The zero-order valence-electron chi connectivity index (χ0n) is 13.0. The van der Waals surface area contributed by atoms with Gasteiger partial charge >= 0.3 is 0 Å². The van der Waals surface area contributed by atoms with Crippen molar-refractivity contribution in [3.05, 3.63) is 60.2 Å². The lowest BCUT2D eigenvalue weighted by molar-refractivity contribution is -0.130. The van der Waals surface area contributed by atoms with E-state index >= 15 is 0 Å². The van der Waals surface area contributed by atoms with Crippen LogP contribution in [0.3, 0.4) is 0 Å². The molecule has 0 bridgehead atoms. The van der Waals surface area contributed by atoms with Crippen LogP contribution in [0.15, 0.2) is 54.6 Å². The Labute approximate surface area is 135 Å². The van der Waals surface area contributed by atoms with E-state index in [2.05, 4.69) is 4.90 Å². The Bertz CT molecular complexity index is 658. The standard InChI is InChI=1S/C18H20N2O3/c1-22-15-9-7-14(8-10-15)20-11-16(20)17(18(19)21)23-12-13-5-3-2-4-6-13/h2-10,16-17H,11-12H2,1H3,(H2,19,21)/t16-,17+,20?/m0/s1.